The lowest BCUT2D eigenvalue weighted by molar-refractivity contribution is 0.225. The Labute approximate surface area is 81.4 Å². The van der Waals surface area contributed by atoms with Gasteiger partial charge in [-0.25, -0.2) is 4.39 Å². The second-order valence-electron chi connectivity index (χ2n) is 3.10. The zero-order valence-electron chi connectivity index (χ0n) is 7.61. The van der Waals surface area contributed by atoms with Crippen molar-refractivity contribution in [2.75, 3.05) is 13.1 Å². The molecule has 74 valence electrons. The van der Waals surface area contributed by atoms with Crippen LogP contribution in [0.4, 0.5) is 4.39 Å². The first-order valence-electron chi connectivity index (χ1n) is 4.45. The Morgan fingerprint density at radius 3 is 3.07 bits per heavy atom. The smallest absolute Gasteiger partial charge is 0.198 e. The molecule has 1 aliphatic heterocycles. The molecule has 1 aromatic rings. The van der Waals surface area contributed by atoms with Crippen molar-refractivity contribution >= 4 is 5.90 Å². The minimum Gasteiger partial charge on any atom is -0.470 e. The topological polar surface area (TPSA) is 47.6 Å². The van der Waals surface area contributed by atoms with Crippen LogP contribution in [-0.4, -0.2) is 19.0 Å². The molecule has 1 atom stereocenters. The quantitative estimate of drug-likeness (QED) is 0.770. The summed E-state index contributed by atoms with van der Waals surface area (Å²) in [6.07, 6.45) is -0.177. The van der Waals surface area contributed by atoms with Gasteiger partial charge in [0.1, 0.15) is 11.9 Å². The van der Waals surface area contributed by atoms with E-state index < -0.39 is 0 Å². The number of halogens is 1. The number of ether oxygens (including phenoxy) is 1. The van der Waals surface area contributed by atoms with E-state index in [0.717, 1.165) is 5.56 Å². The molecule has 4 heteroatoms. The summed E-state index contributed by atoms with van der Waals surface area (Å²) >= 11 is 0. The molecule has 0 spiro atoms. The van der Waals surface area contributed by atoms with Gasteiger partial charge in [0, 0.05) is 0 Å². The first-order chi connectivity index (χ1) is 6.79. The molecule has 14 heavy (non-hydrogen) atoms. The van der Waals surface area contributed by atoms with Crippen molar-refractivity contribution < 1.29 is 9.13 Å². The first kappa shape index (κ1) is 9.15. The molecule has 0 saturated carbocycles. The molecule has 1 aliphatic rings. The van der Waals surface area contributed by atoms with E-state index in [1.807, 2.05) is 6.07 Å². The van der Waals surface area contributed by atoms with E-state index in [9.17, 15) is 4.39 Å². The van der Waals surface area contributed by atoms with Crippen LogP contribution in [0.3, 0.4) is 0 Å². The number of hydrogen-bond acceptors (Lipinski definition) is 3. The Bertz CT molecular complexity index is 365. The maximum Gasteiger partial charge on any atom is 0.198 e. The molecular formula is C10H11FN2O. The van der Waals surface area contributed by atoms with Gasteiger partial charge >= 0.3 is 0 Å². The predicted molar refractivity (Wildman–Crippen MR) is 51.6 cm³/mol. The Morgan fingerprint density at radius 2 is 2.43 bits per heavy atom. The van der Waals surface area contributed by atoms with Gasteiger partial charge in [-0.3, -0.25) is 4.99 Å². The molecule has 2 rings (SSSR count). The van der Waals surface area contributed by atoms with Crippen LogP contribution in [-0.2, 0) is 4.74 Å². The molecule has 0 bridgehead atoms. The monoisotopic (exact) mass is 194 g/mol. The second kappa shape index (κ2) is 3.75. The molecule has 0 aromatic heterocycles. The Morgan fingerprint density at radius 1 is 1.57 bits per heavy atom. The van der Waals surface area contributed by atoms with Gasteiger partial charge in [-0.15, -0.1) is 0 Å². The van der Waals surface area contributed by atoms with E-state index in [-0.39, 0.29) is 11.9 Å². The zero-order valence-corrected chi connectivity index (χ0v) is 7.61. The van der Waals surface area contributed by atoms with E-state index in [1.165, 1.54) is 12.1 Å². The fraction of sp³-hybridized carbons (Fsp3) is 0.300. The fourth-order valence-corrected chi connectivity index (χ4v) is 1.42. The van der Waals surface area contributed by atoms with Gasteiger partial charge in [-0.1, -0.05) is 12.1 Å². The second-order valence-corrected chi connectivity index (χ2v) is 3.10. The van der Waals surface area contributed by atoms with Gasteiger partial charge in [0.05, 0.1) is 13.1 Å². The molecule has 0 radical (unpaired) electrons. The lowest BCUT2D eigenvalue weighted by atomic mass is 10.1. The standard InChI is InChI=1S/C10H11FN2O/c11-8-3-1-2-7(4-8)9-6-13-10(5-12)14-9/h1-4,9H,5-6,12H2. The molecule has 3 nitrogen and oxygen atoms in total. The SMILES string of the molecule is NCC1=NCC(c2cccc(F)c2)O1. The number of aliphatic imine (C=N–C) groups is 1. The zero-order chi connectivity index (χ0) is 9.97. The van der Waals surface area contributed by atoms with Gasteiger partial charge in [0.15, 0.2) is 5.90 Å². The van der Waals surface area contributed by atoms with Crippen molar-refractivity contribution in [2.45, 2.75) is 6.10 Å². The Kier molecular flexibility index (Phi) is 2.45. The van der Waals surface area contributed by atoms with Crippen LogP contribution in [0.1, 0.15) is 11.7 Å². The molecule has 0 aliphatic carbocycles. The van der Waals surface area contributed by atoms with E-state index in [4.69, 9.17) is 10.5 Å². The number of nitrogens with zero attached hydrogens (tertiary/aromatic N) is 1. The Hall–Kier alpha value is -1.42. The van der Waals surface area contributed by atoms with E-state index in [1.54, 1.807) is 6.07 Å². The van der Waals surface area contributed by atoms with Crippen molar-refractivity contribution in [2.24, 2.45) is 10.7 Å². The van der Waals surface area contributed by atoms with Crippen molar-refractivity contribution in [1.82, 2.24) is 0 Å². The summed E-state index contributed by atoms with van der Waals surface area (Å²) in [4.78, 5) is 4.09. The number of hydrogen-bond donors (Lipinski definition) is 1. The summed E-state index contributed by atoms with van der Waals surface area (Å²) in [5, 5.41) is 0. The summed E-state index contributed by atoms with van der Waals surface area (Å²) in [5.74, 6) is 0.284. The van der Waals surface area contributed by atoms with Crippen LogP contribution in [0.25, 0.3) is 0 Å². The molecule has 0 amide bonds. The Balaban J connectivity index is 2.12. The highest BCUT2D eigenvalue weighted by Gasteiger charge is 2.20. The molecule has 1 unspecified atom stereocenters. The van der Waals surface area contributed by atoms with Crippen molar-refractivity contribution in [3.63, 3.8) is 0 Å². The van der Waals surface area contributed by atoms with E-state index in [0.29, 0.717) is 19.0 Å². The van der Waals surface area contributed by atoms with Gasteiger partial charge in [0.2, 0.25) is 0 Å². The first-order valence-corrected chi connectivity index (χ1v) is 4.45. The molecule has 1 aromatic carbocycles. The maximum absolute atomic E-state index is 12.9. The minimum absolute atomic E-state index is 0.177. The minimum atomic E-state index is -0.257. The van der Waals surface area contributed by atoms with Crippen LogP contribution in [0, 0.1) is 5.82 Å². The van der Waals surface area contributed by atoms with Crippen molar-refractivity contribution in [1.29, 1.82) is 0 Å². The normalized spacial score (nSPS) is 20.4. The maximum atomic E-state index is 12.9. The van der Waals surface area contributed by atoms with Gasteiger partial charge < -0.3 is 10.5 Å². The summed E-state index contributed by atoms with van der Waals surface area (Å²) in [6, 6.07) is 6.35. The highest BCUT2D eigenvalue weighted by molar-refractivity contribution is 5.79. The highest BCUT2D eigenvalue weighted by atomic mass is 19.1. The molecule has 1 heterocycles. The van der Waals surface area contributed by atoms with E-state index >= 15 is 0 Å². The summed E-state index contributed by atoms with van der Waals surface area (Å²) < 4.78 is 18.3. The van der Waals surface area contributed by atoms with Gasteiger partial charge in [0.25, 0.3) is 0 Å². The van der Waals surface area contributed by atoms with Crippen LogP contribution in [0.15, 0.2) is 29.3 Å². The number of benzene rings is 1. The van der Waals surface area contributed by atoms with Gasteiger partial charge in [-0.05, 0) is 17.7 Å². The lowest BCUT2D eigenvalue weighted by Gasteiger charge is -2.10. The van der Waals surface area contributed by atoms with Crippen LogP contribution < -0.4 is 5.73 Å². The average molecular weight is 194 g/mol. The lowest BCUT2D eigenvalue weighted by Crippen LogP contribution is -2.15. The van der Waals surface area contributed by atoms with Crippen molar-refractivity contribution in [3.05, 3.63) is 35.6 Å². The predicted octanol–water partition coefficient (Wildman–Crippen LogP) is 1.25. The summed E-state index contributed by atoms with van der Waals surface area (Å²) in [6.45, 7) is 0.821. The number of rotatable bonds is 2. The van der Waals surface area contributed by atoms with Crippen LogP contribution in [0.5, 0.6) is 0 Å². The van der Waals surface area contributed by atoms with Crippen LogP contribution >= 0.6 is 0 Å². The third kappa shape index (κ3) is 1.75. The molecule has 0 fully saturated rings. The third-order valence-corrected chi connectivity index (χ3v) is 2.11. The van der Waals surface area contributed by atoms with Gasteiger partial charge in [-0.2, -0.15) is 0 Å². The molecule has 0 saturated heterocycles. The largest absolute Gasteiger partial charge is 0.470 e. The average Bonchev–Trinajstić information content (AvgIpc) is 2.66. The van der Waals surface area contributed by atoms with E-state index in [2.05, 4.69) is 4.99 Å². The molecular weight excluding hydrogens is 183 g/mol. The molecule has 2 N–H and O–H groups in total. The summed E-state index contributed by atoms with van der Waals surface area (Å²) in [5.41, 5.74) is 6.18. The van der Waals surface area contributed by atoms with Crippen molar-refractivity contribution in [3.8, 4) is 0 Å². The fourth-order valence-electron chi connectivity index (χ4n) is 1.42. The highest BCUT2D eigenvalue weighted by Crippen LogP contribution is 2.22. The number of nitrogens with two attached hydrogens (primary N) is 1. The van der Waals surface area contributed by atoms with Crippen LogP contribution in [0.2, 0.25) is 0 Å². The third-order valence-electron chi connectivity index (χ3n) is 2.11. The summed E-state index contributed by atoms with van der Waals surface area (Å²) in [7, 11) is 0.